The number of nitrogens with zero attached hydrogens (tertiary/aromatic N) is 3. The smallest absolute Gasteiger partial charge is 0.323 e. The molecule has 1 rings (SSSR count). The van der Waals surface area contributed by atoms with Crippen LogP contribution in [-0.4, -0.2) is 44.7 Å². The van der Waals surface area contributed by atoms with Crippen molar-refractivity contribution < 1.29 is 14.7 Å². The van der Waals surface area contributed by atoms with Crippen molar-refractivity contribution in [2.45, 2.75) is 26.3 Å². The van der Waals surface area contributed by atoms with E-state index in [-0.39, 0.29) is 21.9 Å². The van der Waals surface area contributed by atoms with Crippen LogP contribution in [0, 0.1) is 0 Å². The summed E-state index contributed by atoms with van der Waals surface area (Å²) in [6.07, 6.45) is 0.614. The molecule has 0 saturated heterocycles. The van der Waals surface area contributed by atoms with Gasteiger partial charge in [-0.3, -0.25) is 9.59 Å². The van der Waals surface area contributed by atoms with Gasteiger partial charge >= 0.3 is 5.97 Å². The van der Waals surface area contributed by atoms with Gasteiger partial charge in [0.2, 0.25) is 0 Å². The summed E-state index contributed by atoms with van der Waals surface area (Å²) in [4.78, 5) is 24.4. The Labute approximate surface area is 120 Å². The lowest BCUT2D eigenvalue weighted by atomic mass is 10.1. The first kappa shape index (κ1) is 15.7. The highest BCUT2D eigenvalue weighted by atomic mass is 35.5. The first-order chi connectivity index (χ1) is 8.86. The molecular formula is C11H13Cl2N3O3. The number of halogens is 2. The minimum absolute atomic E-state index is 0.0205. The number of hydrogen-bond donors (Lipinski definition) is 1. The third-order valence-electron chi connectivity index (χ3n) is 2.64. The largest absolute Gasteiger partial charge is 0.480 e. The second kappa shape index (κ2) is 6.68. The maximum atomic E-state index is 12.3. The van der Waals surface area contributed by atoms with E-state index in [2.05, 4.69) is 10.2 Å². The van der Waals surface area contributed by atoms with Crippen LogP contribution in [0.15, 0.2) is 6.07 Å². The lowest BCUT2D eigenvalue weighted by Crippen LogP contribution is -2.42. The molecule has 1 heterocycles. The van der Waals surface area contributed by atoms with Gasteiger partial charge in [-0.05, 0) is 19.4 Å². The number of carboxylic acids is 1. The average Bonchev–Trinajstić information content (AvgIpc) is 2.37. The van der Waals surface area contributed by atoms with Crippen LogP contribution in [0.2, 0.25) is 10.3 Å². The predicted octanol–water partition coefficient (Wildman–Crippen LogP) is 2.11. The fraction of sp³-hybridized carbons (Fsp3) is 0.455. The molecule has 1 atom stereocenters. The SMILES string of the molecule is CCC(C)N(CC(=O)O)C(=O)c1cc(Cl)nnc1Cl. The van der Waals surface area contributed by atoms with Gasteiger partial charge in [0.25, 0.3) is 5.91 Å². The molecule has 1 amide bonds. The Balaban J connectivity index is 3.11. The van der Waals surface area contributed by atoms with Gasteiger partial charge in [-0.25, -0.2) is 0 Å². The summed E-state index contributed by atoms with van der Waals surface area (Å²) in [5.41, 5.74) is 0.0446. The molecule has 0 aliphatic carbocycles. The fourth-order valence-corrected chi connectivity index (χ4v) is 1.77. The second-order valence-corrected chi connectivity index (χ2v) is 4.70. The number of carbonyl (C=O) groups excluding carboxylic acids is 1. The molecule has 0 radical (unpaired) electrons. The molecule has 1 aromatic heterocycles. The molecule has 104 valence electrons. The minimum atomic E-state index is -1.10. The Morgan fingerprint density at radius 2 is 2.05 bits per heavy atom. The van der Waals surface area contributed by atoms with E-state index < -0.39 is 18.4 Å². The third-order valence-corrected chi connectivity index (χ3v) is 3.10. The molecular weight excluding hydrogens is 293 g/mol. The van der Waals surface area contributed by atoms with Crippen molar-refractivity contribution in [3.05, 3.63) is 21.9 Å². The monoisotopic (exact) mass is 305 g/mol. The number of aromatic nitrogens is 2. The lowest BCUT2D eigenvalue weighted by molar-refractivity contribution is -0.138. The normalized spacial score (nSPS) is 12.0. The van der Waals surface area contributed by atoms with Crippen LogP contribution in [0.1, 0.15) is 30.6 Å². The van der Waals surface area contributed by atoms with Crippen molar-refractivity contribution in [1.82, 2.24) is 15.1 Å². The zero-order valence-corrected chi connectivity index (χ0v) is 11.9. The van der Waals surface area contributed by atoms with Crippen molar-refractivity contribution in [3.8, 4) is 0 Å². The Morgan fingerprint density at radius 3 is 2.58 bits per heavy atom. The van der Waals surface area contributed by atoms with Crippen molar-refractivity contribution >= 4 is 35.1 Å². The molecule has 0 bridgehead atoms. The maximum Gasteiger partial charge on any atom is 0.323 e. The van der Waals surface area contributed by atoms with E-state index in [1.165, 1.54) is 11.0 Å². The molecule has 0 aromatic carbocycles. The number of amides is 1. The van der Waals surface area contributed by atoms with Crippen molar-refractivity contribution in [2.75, 3.05) is 6.54 Å². The van der Waals surface area contributed by atoms with Crippen LogP contribution in [-0.2, 0) is 4.79 Å². The molecule has 0 aliphatic heterocycles. The number of carboxylic acid groups (broad SMARTS) is 1. The van der Waals surface area contributed by atoms with E-state index >= 15 is 0 Å². The summed E-state index contributed by atoms with van der Waals surface area (Å²) < 4.78 is 0. The summed E-state index contributed by atoms with van der Waals surface area (Å²) >= 11 is 11.5. The highest BCUT2D eigenvalue weighted by Crippen LogP contribution is 2.19. The molecule has 0 saturated carbocycles. The molecule has 1 aromatic rings. The van der Waals surface area contributed by atoms with E-state index in [9.17, 15) is 9.59 Å². The second-order valence-electron chi connectivity index (χ2n) is 3.96. The highest BCUT2D eigenvalue weighted by Gasteiger charge is 2.25. The molecule has 1 N–H and O–H groups in total. The number of hydrogen-bond acceptors (Lipinski definition) is 4. The van der Waals surface area contributed by atoms with E-state index in [0.717, 1.165) is 0 Å². The average molecular weight is 306 g/mol. The number of aliphatic carboxylic acids is 1. The Kier molecular flexibility index (Phi) is 5.50. The van der Waals surface area contributed by atoms with Crippen LogP contribution < -0.4 is 0 Å². The number of rotatable bonds is 5. The molecule has 0 fully saturated rings. The summed E-state index contributed by atoms with van der Waals surface area (Å²) in [6.45, 7) is 3.20. The lowest BCUT2D eigenvalue weighted by Gasteiger charge is -2.27. The summed E-state index contributed by atoms with van der Waals surface area (Å²) in [6, 6.07) is 1.03. The molecule has 19 heavy (non-hydrogen) atoms. The van der Waals surface area contributed by atoms with Gasteiger partial charge in [0.05, 0.1) is 5.56 Å². The molecule has 1 unspecified atom stereocenters. The zero-order valence-electron chi connectivity index (χ0n) is 10.4. The first-order valence-corrected chi connectivity index (χ1v) is 6.33. The van der Waals surface area contributed by atoms with Crippen LogP contribution in [0.5, 0.6) is 0 Å². The van der Waals surface area contributed by atoms with Gasteiger partial charge in [-0.15, -0.1) is 10.2 Å². The molecule has 6 nitrogen and oxygen atoms in total. The van der Waals surface area contributed by atoms with E-state index in [4.69, 9.17) is 28.3 Å². The van der Waals surface area contributed by atoms with Gasteiger partial charge < -0.3 is 10.0 Å². The topological polar surface area (TPSA) is 83.4 Å². The molecule has 0 aliphatic rings. The third kappa shape index (κ3) is 4.04. The van der Waals surface area contributed by atoms with Crippen molar-refractivity contribution in [2.24, 2.45) is 0 Å². The summed E-state index contributed by atoms with van der Waals surface area (Å²) in [5.74, 6) is -1.63. The Morgan fingerprint density at radius 1 is 1.42 bits per heavy atom. The summed E-state index contributed by atoms with van der Waals surface area (Å²) in [5, 5.41) is 15.8. The van der Waals surface area contributed by atoms with Crippen molar-refractivity contribution in [3.63, 3.8) is 0 Å². The van der Waals surface area contributed by atoms with Crippen LogP contribution >= 0.6 is 23.2 Å². The van der Waals surface area contributed by atoms with Crippen LogP contribution in [0.3, 0.4) is 0 Å². The Hall–Kier alpha value is -1.40. The first-order valence-electron chi connectivity index (χ1n) is 5.58. The van der Waals surface area contributed by atoms with E-state index in [0.29, 0.717) is 6.42 Å². The van der Waals surface area contributed by atoms with Gasteiger partial charge in [0.1, 0.15) is 6.54 Å². The highest BCUT2D eigenvalue weighted by molar-refractivity contribution is 6.34. The van der Waals surface area contributed by atoms with Gasteiger partial charge in [0, 0.05) is 6.04 Å². The van der Waals surface area contributed by atoms with Crippen molar-refractivity contribution in [1.29, 1.82) is 0 Å². The van der Waals surface area contributed by atoms with Gasteiger partial charge in [-0.2, -0.15) is 0 Å². The fourth-order valence-electron chi connectivity index (χ4n) is 1.45. The van der Waals surface area contributed by atoms with Crippen LogP contribution in [0.25, 0.3) is 0 Å². The Bertz CT molecular complexity index is 496. The number of carbonyl (C=O) groups is 2. The molecule has 8 heteroatoms. The quantitative estimate of drug-likeness (QED) is 0.900. The zero-order chi connectivity index (χ0) is 14.6. The summed E-state index contributed by atoms with van der Waals surface area (Å²) in [7, 11) is 0. The molecule has 0 spiro atoms. The van der Waals surface area contributed by atoms with E-state index in [1.54, 1.807) is 6.92 Å². The predicted molar refractivity (Wildman–Crippen MR) is 70.5 cm³/mol. The van der Waals surface area contributed by atoms with Gasteiger partial charge in [-0.1, -0.05) is 30.1 Å². The van der Waals surface area contributed by atoms with Crippen LogP contribution in [0.4, 0.5) is 0 Å². The van der Waals surface area contributed by atoms with E-state index in [1.807, 2.05) is 6.92 Å². The maximum absolute atomic E-state index is 12.3. The standard InChI is InChI=1S/C11H13Cl2N3O3/c1-3-6(2)16(5-9(17)18)11(19)7-4-8(12)14-15-10(7)13/h4,6H,3,5H2,1-2H3,(H,17,18). The minimum Gasteiger partial charge on any atom is -0.480 e. The van der Waals surface area contributed by atoms with Gasteiger partial charge in [0.15, 0.2) is 10.3 Å².